The van der Waals surface area contributed by atoms with E-state index in [-0.39, 0.29) is 24.8 Å². The Hall–Kier alpha value is -1.60. The van der Waals surface area contributed by atoms with Gasteiger partial charge < -0.3 is 11.5 Å². The van der Waals surface area contributed by atoms with Gasteiger partial charge >= 0.3 is 0 Å². The minimum atomic E-state index is -3.47. The second kappa shape index (κ2) is 5.80. The number of carbonyl (C=O) groups excluding carboxylic acids is 1. The van der Waals surface area contributed by atoms with Gasteiger partial charge in [-0.1, -0.05) is 12.1 Å². The Kier molecular flexibility index (Phi) is 4.29. The van der Waals surface area contributed by atoms with Crippen molar-refractivity contribution in [3.05, 3.63) is 29.8 Å². The lowest BCUT2D eigenvalue weighted by atomic mass is 10.2. The lowest BCUT2D eigenvalue weighted by molar-refractivity contribution is -0.118. The van der Waals surface area contributed by atoms with E-state index in [1.54, 1.807) is 24.3 Å². The molecule has 1 aliphatic carbocycles. The van der Waals surface area contributed by atoms with Crippen LogP contribution in [0.15, 0.2) is 24.3 Å². The first-order chi connectivity index (χ1) is 9.37. The fourth-order valence-electron chi connectivity index (χ4n) is 2.01. The van der Waals surface area contributed by atoms with Crippen molar-refractivity contribution in [1.82, 2.24) is 4.31 Å². The van der Waals surface area contributed by atoms with E-state index in [2.05, 4.69) is 0 Å². The van der Waals surface area contributed by atoms with Crippen LogP contribution in [0.5, 0.6) is 0 Å². The number of nitrogens with two attached hydrogens (primary N) is 2. The maximum absolute atomic E-state index is 12.3. The van der Waals surface area contributed by atoms with Gasteiger partial charge in [0.05, 0.1) is 12.3 Å². The van der Waals surface area contributed by atoms with E-state index in [1.807, 2.05) is 0 Å². The van der Waals surface area contributed by atoms with Gasteiger partial charge in [0.1, 0.15) is 0 Å². The topological polar surface area (TPSA) is 106 Å². The molecule has 0 saturated heterocycles. The molecule has 1 saturated carbocycles. The fraction of sp³-hybridized carbons (Fsp3) is 0.462. The Morgan fingerprint density at radius 2 is 2.05 bits per heavy atom. The molecule has 7 heteroatoms. The maximum atomic E-state index is 12.3. The summed E-state index contributed by atoms with van der Waals surface area (Å²) in [6.45, 7) is -0.188. The molecular formula is C13H19N3O3S. The minimum absolute atomic E-state index is 0.0859. The lowest BCUT2D eigenvalue weighted by Crippen LogP contribution is -2.39. The molecule has 0 radical (unpaired) electrons. The predicted molar refractivity (Wildman–Crippen MR) is 77.0 cm³/mol. The molecule has 0 bridgehead atoms. The van der Waals surface area contributed by atoms with Crippen LogP contribution >= 0.6 is 0 Å². The van der Waals surface area contributed by atoms with Crippen LogP contribution in [-0.2, 0) is 21.4 Å². The van der Waals surface area contributed by atoms with E-state index in [0.717, 1.165) is 22.7 Å². The zero-order valence-electron chi connectivity index (χ0n) is 11.2. The minimum Gasteiger partial charge on any atom is -0.399 e. The molecule has 0 aromatic heterocycles. The quantitative estimate of drug-likeness (QED) is 0.706. The van der Waals surface area contributed by atoms with Crippen molar-refractivity contribution in [2.45, 2.75) is 19.4 Å². The van der Waals surface area contributed by atoms with Gasteiger partial charge in [-0.2, -0.15) is 4.31 Å². The summed E-state index contributed by atoms with van der Waals surface area (Å²) >= 11 is 0. The summed E-state index contributed by atoms with van der Waals surface area (Å²) in [6, 6.07) is 6.94. The van der Waals surface area contributed by atoms with Crippen molar-refractivity contribution in [3.63, 3.8) is 0 Å². The number of anilines is 1. The summed E-state index contributed by atoms with van der Waals surface area (Å²) in [5.74, 6) is -0.354. The molecule has 0 aliphatic heterocycles. The monoisotopic (exact) mass is 297 g/mol. The summed E-state index contributed by atoms with van der Waals surface area (Å²) < 4.78 is 25.7. The zero-order valence-corrected chi connectivity index (χ0v) is 12.0. The van der Waals surface area contributed by atoms with Crippen LogP contribution in [0.25, 0.3) is 0 Å². The Morgan fingerprint density at radius 3 is 2.60 bits per heavy atom. The van der Waals surface area contributed by atoms with E-state index in [1.165, 1.54) is 0 Å². The molecule has 6 nitrogen and oxygen atoms in total. The summed E-state index contributed by atoms with van der Waals surface area (Å²) in [6.07, 6.45) is 1.86. The molecule has 0 unspecified atom stereocenters. The summed E-state index contributed by atoms with van der Waals surface area (Å²) in [4.78, 5) is 11.1. The number of amides is 1. The first-order valence-corrected chi connectivity index (χ1v) is 8.08. The summed E-state index contributed by atoms with van der Waals surface area (Å²) in [5, 5.41) is 0. The van der Waals surface area contributed by atoms with Crippen molar-refractivity contribution >= 4 is 21.6 Å². The standard InChI is InChI=1S/C13H19N3O3S/c14-12-3-1-2-11(6-12)7-16(8-13(15)17)20(18,19)9-10-4-5-10/h1-3,6,10H,4-5,7-9,14H2,(H2,15,17). The highest BCUT2D eigenvalue weighted by Gasteiger charge is 2.32. The first kappa shape index (κ1) is 14.8. The van der Waals surface area contributed by atoms with Crippen LogP contribution in [0, 0.1) is 5.92 Å². The second-order valence-electron chi connectivity index (χ2n) is 5.20. The second-order valence-corrected chi connectivity index (χ2v) is 7.21. The third-order valence-electron chi connectivity index (χ3n) is 3.18. The van der Waals surface area contributed by atoms with Crippen LogP contribution in [0.1, 0.15) is 18.4 Å². The smallest absolute Gasteiger partial charge is 0.232 e. The molecule has 1 fully saturated rings. The maximum Gasteiger partial charge on any atom is 0.232 e. The molecule has 0 spiro atoms. The number of hydrogen-bond acceptors (Lipinski definition) is 4. The third-order valence-corrected chi connectivity index (χ3v) is 5.12. The molecule has 20 heavy (non-hydrogen) atoms. The number of carbonyl (C=O) groups is 1. The van der Waals surface area contributed by atoms with Crippen LogP contribution < -0.4 is 11.5 Å². The van der Waals surface area contributed by atoms with Gasteiger partial charge in [-0.25, -0.2) is 8.42 Å². The van der Waals surface area contributed by atoms with Gasteiger partial charge in [-0.05, 0) is 36.5 Å². The van der Waals surface area contributed by atoms with Crippen molar-refractivity contribution in [2.24, 2.45) is 11.7 Å². The number of rotatable bonds is 7. The zero-order chi connectivity index (χ0) is 14.8. The largest absolute Gasteiger partial charge is 0.399 e. The summed E-state index contributed by atoms with van der Waals surface area (Å²) in [5.41, 5.74) is 12.1. The van der Waals surface area contributed by atoms with E-state index in [4.69, 9.17) is 11.5 Å². The predicted octanol–water partition coefficient (Wildman–Crippen LogP) is 0.296. The van der Waals surface area contributed by atoms with Gasteiger partial charge in [0.15, 0.2) is 0 Å². The van der Waals surface area contributed by atoms with Crippen LogP contribution in [0.4, 0.5) is 5.69 Å². The van der Waals surface area contributed by atoms with E-state index < -0.39 is 15.9 Å². The number of nitrogens with zero attached hydrogens (tertiary/aromatic N) is 1. The molecule has 4 N–H and O–H groups in total. The molecule has 0 heterocycles. The molecule has 110 valence electrons. The fourth-order valence-corrected chi connectivity index (χ4v) is 3.82. The van der Waals surface area contributed by atoms with E-state index >= 15 is 0 Å². The molecular weight excluding hydrogens is 278 g/mol. The highest BCUT2D eigenvalue weighted by Crippen LogP contribution is 2.31. The van der Waals surface area contributed by atoms with E-state index in [0.29, 0.717) is 5.69 Å². The molecule has 1 aliphatic rings. The highest BCUT2D eigenvalue weighted by molar-refractivity contribution is 7.89. The van der Waals surface area contributed by atoms with Gasteiger partial charge in [-0.15, -0.1) is 0 Å². The SMILES string of the molecule is NC(=O)CN(Cc1cccc(N)c1)S(=O)(=O)CC1CC1. The van der Waals surface area contributed by atoms with Crippen molar-refractivity contribution in [1.29, 1.82) is 0 Å². The van der Waals surface area contributed by atoms with Gasteiger partial charge in [0.2, 0.25) is 15.9 Å². The Labute approximate surface area is 118 Å². The van der Waals surface area contributed by atoms with Crippen molar-refractivity contribution in [2.75, 3.05) is 18.0 Å². The van der Waals surface area contributed by atoms with E-state index in [9.17, 15) is 13.2 Å². The lowest BCUT2D eigenvalue weighted by Gasteiger charge is -2.21. The normalized spacial score (nSPS) is 15.4. The van der Waals surface area contributed by atoms with Gasteiger partial charge in [-0.3, -0.25) is 4.79 Å². The number of benzene rings is 1. The van der Waals surface area contributed by atoms with Crippen molar-refractivity contribution < 1.29 is 13.2 Å². The average molecular weight is 297 g/mol. The highest BCUT2D eigenvalue weighted by atomic mass is 32.2. The average Bonchev–Trinajstić information content (AvgIpc) is 3.11. The first-order valence-electron chi connectivity index (χ1n) is 6.47. The van der Waals surface area contributed by atoms with Crippen LogP contribution in [-0.4, -0.2) is 30.9 Å². The number of sulfonamides is 1. The Bertz CT molecular complexity index is 597. The third kappa shape index (κ3) is 4.21. The molecule has 2 rings (SSSR count). The molecule has 1 amide bonds. The molecule has 0 atom stereocenters. The van der Waals surface area contributed by atoms with Crippen LogP contribution in [0.3, 0.4) is 0 Å². The summed E-state index contributed by atoms with van der Waals surface area (Å²) in [7, 11) is -3.47. The number of nitrogen functional groups attached to an aromatic ring is 1. The molecule has 1 aromatic carbocycles. The van der Waals surface area contributed by atoms with Gasteiger partial charge in [0.25, 0.3) is 0 Å². The Morgan fingerprint density at radius 1 is 1.35 bits per heavy atom. The number of primary amides is 1. The Balaban J connectivity index is 2.16. The van der Waals surface area contributed by atoms with Gasteiger partial charge in [0, 0.05) is 12.2 Å². The molecule has 1 aromatic rings. The number of hydrogen-bond donors (Lipinski definition) is 2. The van der Waals surface area contributed by atoms with Crippen LogP contribution in [0.2, 0.25) is 0 Å². The van der Waals surface area contributed by atoms with Crippen molar-refractivity contribution in [3.8, 4) is 0 Å².